The average Bonchev–Trinajstić information content (AvgIpc) is 2.70. The molecule has 2 N–H and O–H groups in total. The Morgan fingerprint density at radius 1 is 0.867 bits per heavy atom. The molecule has 2 aromatic rings. The summed E-state index contributed by atoms with van der Waals surface area (Å²) in [6.07, 6.45) is 2.30. The minimum atomic E-state index is -3.42. The molecule has 0 radical (unpaired) electrons. The van der Waals surface area contributed by atoms with Crippen molar-refractivity contribution in [2.24, 2.45) is 0 Å². The molecule has 0 aliphatic heterocycles. The molecule has 0 saturated carbocycles. The SMILES string of the molecule is CCCCCS(=O)(=O)CC(=O)Nc1ccc(C(=O)Nc2ccc(OCC)cc2)cc1. The summed E-state index contributed by atoms with van der Waals surface area (Å²) in [5.41, 5.74) is 1.48. The lowest BCUT2D eigenvalue weighted by Crippen LogP contribution is -2.24. The van der Waals surface area contributed by atoms with Gasteiger partial charge in [0.25, 0.3) is 5.91 Å². The first-order valence-electron chi connectivity index (χ1n) is 9.97. The Morgan fingerprint density at radius 3 is 2.07 bits per heavy atom. The van der Waals surface area contributed by atoms with Crippen molar-refractivity contribution in [3.8, 4) is 5.75 Å². The number of rotatable bonds is 11. The highest BCUT2D eigenvalue weighted by Crippen LogP contribution is 2.17. The van der Waals surface area contributed by atoms with Crippen molar-refractivity contribution < 1.29 is 22.7 Å². The van der Waals surface area contributed by atoms with Gasteiger partial charge in [-0.1, -0.05) is 19.8 Å². The molecule has 162 valence electrons. The summed E-state index contributed by atoms with van der Waals surface area (Å²) in [5.74, 6) is -0.688. The van der Waals surface area contributed by atoms with E-state index >= 15 is 0 Å². The van der Waals surface area contributed by atoms with Crippen molar-refractivity contribution in [1.29, 1.82) is 0 Å². The van der Waals surface area contributed by atoms with E-state index in [9.17, 15) is 18.0 Å². The van der Waals surface area contributed by atoms with E-state index in [1.165, 1.54) is 0 Å². The lowest BCUT2D eigenvalue weighted by molar-refractivity contribution is -0.113. The third-order valence-corrected chi connectivity index (χ3v) is 5.88. The fourth-order valence-electron chi connectivity index (χ4n) is 2.75. The quantitative estimate of drug-likeness (QED) is 0.525. The summed E-state index contributed by atoms with van der Waals surface area (Å²) >= 11 is 0. The van der Waals surface area contributed by atoms with Gasteiger partial charge in [-0.2, -0.15) is 0 Å². The van der Waals surface area contributed by atoms with E-state index in [1.54, 1.807) is 48.5 Å². The zero-order valence-electron chi connectivity index (χ0n) is 17.3. The molecule has 0 spiro atoms. The fourth-order valence-corrected chi connectivity index (χ4v) is 4.01. The van der Waals surface area contributed by atoms with E-state index in [0.29, 0.717) is 30.0 Å². The predicted octanol–water partition coefficient (Wildman–Crippen LogP) is 3.88. The van der Waals surface area contributed by atoms with Crippen LogP contribution in [0.2, 0.25) is 0 Å². The number of amides is 2. The fraction of sp³-hybridized carbons (Fsp3) is 0.364. The predicted molar refractivity (Wildman–Crippen MR) is 119 cm³/mol. The molecule has 0 aromatic heterocycles. The first-order valence-corrected chi connectivity index (χ1v) is 11.8. The minimum Gasteiger partial charge on any atom is -0.494 e. The number of unbranched alkanes of at least 4 members (excludes halogenated alkanes) is 2. The molecule has 2 amide bonds. The van der Waals surface area contributed by atoms with Crippen molar-refractivity contribution in [1.82, 2.24) is 0 Å². The van der Waals surface area contributed by atoms with Crippen LogP contribution in [-0.4, -0.2) is 38.3 Å². The second-order valence-electron chi connectivity index (χ2n) is 6.84. The molecule has 8 heteroatoms. The molecule has 0 aliphatic carbocycles. The lowest BCUT2D eigenvalue weighted by atomic mass is 10.2. The van der Waals surface area contributed by atoms with Crippen molar-refractivity contribution in [2.75, 3.05) is 28.7 Å². The molecule has 30 heavy (non-hydrogen) atoms. The van der Waals surface area contributed by atoms with E-state index in [0.717, 1.165) is 18.6 Å². The number of sulfone groups is 1. The maximum absolute atomic E-state index is 12.4. The van der Waals surface area contributed by atoms with Crippen LogP contribution in [0.15, 0.2) is 48.5 Å². The number of nitrogens with one attached hydrogen (secondary N) is 2. The van der Waals surface area contributed by atoms with Crippen molar-refractivity contribution in [3.05, 3.63) is 54.1 Å². The van der Waals surface area contributed by atoms with Gasteiger partial charge in [0, 0.05) is 16.9 Å². The van der Waals surface area contributed by atoms with Gasteiger partial charge < -0.3 is 15.4 Å². The summed E-state index contributed by atoms with van der Waals surface area (Å²) in [6, 6.07) is 13.3. The second-order valence-corrected chi connectivity index (χ2v) is 9.02. The summed E-state index contributed by atoms with van der Waals surface area (Å²) < 4.78 is 29.3. The molecule has 0 saturated heterocycles. The largest absolute Gasteiger partial charge is 0.494 e. The molecule has 0 atom stereocenters. The molecule has 2 rings (SSSR count). The van der Waals surface area contributed by atoms with E-state index < -0.39 is 21.5 Å². The van der Waals surface area contributed by atoms with Crippen LogP contribution in [0, 0.1) is 0 Å². The smallest absolute Gasteiger partial charge is 0.255 e. The van der Waals surface area contributed by atoms with Crippen molar-refractivity contribution in [2.45, 2.75) is 33.1 Å². The summed E-state index contributed by atoms with van der Waals surface area (Å²) in [7, 11) is -3.42. The first-order chi connectivity index (χ1) is 14.3. The van der Waals surface area contributed by atoms with E-state index in [4.69, 9.17) is 4.74 Å². The number of hydrogen-bond acceptors (Lipinski definition) is 5. The highest BCUT2D eigenvalue weighted by molar-refractivity contribution is 7.92. The molecule has 0 fully saturated rings. The normalized spacial score (nSPS) is 11.0. The van der Waals surface area contributed by atoms with E-state index in [1.807, 2.05) is 13.8 Å². The molecule has 0 aliphatic rings. The summed E-state index contributed by atoms with van der Waals surface area (Å²) in [6.45, 7) is 4.45. The zero-order chi connectivity index (χ0) is 22.0. The van der Waals surface area contributed by atoms with Crippen LogP contribution >= 0.6 is 0 Å². The van der Waals surface area contributed by atoms with E-state index in [2.05, 4.69) is 10.6 Å². The topological polar surface area (TPSA) is 102 Å². The van der Waals surface area contributed by atoms with Gasteiger partial charge in [-0.15, -0.1) is 0 Å². The Hall–Kier alpha value is -2.87. The molecule has 7 nitrogen and oxygen atoms in total. The Morgan fingerprint density at radius 2 is 1.47 bits per heavy atom. The van der Waals surface area contributed by atoms with Crippen LogP contribution < -0.4 is 15.4 Å². The van der Waals surface area contributed by atoms with Gasteiger partial charge in [0.2, 0.25) is 5.91 Å². The number of ether oxygens (including phenoxy) is 1. The third-order valence-electron chi connectivity index (χ3n) is 4.26. The Balaban J connectivity index is 1.89. The summed E-state index contributed by atoms with van der Waals surface area (Å²) in [4.78, 5) is 24.4. The standard InChI is InChI=1S/C22H28N2O5S/c1-3-5-6-15-30(27,28)16-21(25)23-18-9-7-17(8-10-18)22(26)24-19-11-13-20(14-12-19)29-4-2/h7-14H,3-6,15-16H2,1-2H3,(H,23,25)(H,24,26). The van der Waals surface area contributed by atoms with Crippen molar-refractivity contribution in [3.63, 3.8) is 0 Å². The van der Waals surface area contributed by atoms with Crippen molar-refractivity contribution >= 4 is 33.0 Å². The van der Waals surface area contributed by atoms with Crippen LogP contribution in [0.25, 0.3) is 0 Å². The number of anilines is 2. The van der Waals surface area contributed by atoms with Crippen LogP contribution in [0.1, 0.15) is 43.5 Å². The molecule has 0 bridgehead atoms. The van der Waals surface area contributed by atoms with E-state index in [-0.39, 0.29) is 11.7 Å². The Kier molecular flexibility index (Phi) is 8.86. The second kappa shape index (κ2) is 11.3. The third kappa shape index (κ3) is 7.87. The summed E-state index contributed by atoms with van der Waals surface area (Å²) in [5, 5.41) is 5.34. The van der Waals surface area contributed by atoms with Crippen LogP contribution in [0.4, 0.5) is 11.4 Å². The lowest BCUT2D eigenvalue weighted by Gasteiger charge is -2.09. The Labute approximate surface area is 177 Å². The van der Waals surface area contributed by atoms with Gasteiger partial charge in [-0.3, -0.25) is 9.59 Å². The highest BCUT2D eigenvalue weighted by Gasteiger charge is 2.16. The number of hydrogen-bond donors (Lipinski definition) is 2. The Bertz CT molecular complexity index is 938. The number of carbonyl (C=O) groups is 2. The minimum absolute atomic E-state index is 0.0128. The van der Waals surface area contributed by atoms with Crippen LogP contribution in [0.5, 0.6) is 5.75 Å². The van der Waals surface area contributed by atoms with Gasteiger partial charge in [0.05, 0.1) is 12.4 Å². The van der Waals surface area contributed by atoms with Gasteiger partial charge in [-0.05, 0) is 61.9 Å². The molecular weight excluding hydrogens is 404 g/mol. The van der Waals surface area contributed by atoms with Gasteiger partial charge in [0.1, 0.15) is 11.5 Å². The number of carbonyl (C=O) groups excluding carboxylic acids is 2. The molecule has 2 aromatic carbocycles. The maximum atomic E-state index is 12.4. The van der Waals surface area contributed by atoms with Gasteiger partial charge in [0.15, 0.2) is 9.84 Å². The maximum Gasteiger partial charge on any atom is 0.255 e. The monoisotopic (exact) mass is 432 g/mol. The number of benzene rings is 2. The van der Waals surface area contributed by atoms with Gasteiger partial charge >= 0.3 is 0 Å². The molecule has 0 heterocycles. The van der Waals surface area contributed by atoms with Crippen LogP contribution in [0.3, 0.4) is 0 Å². The molecule has 0 unspecified atom stereocenters. The average molecular weight is 433 g/mol. The highest BCUT2D eigenvalue weighted by atomic mass is 32.2. The zero-order valence-corrected chi connectivity index (χ0v) is 18.1. The molecular formula is C22H28N2O5S. The van der Waals surface area contributed by atoms with Crippen LogP contribution in [-0.2, 0) is 14.6 Å². The van der Waals surface area contributed by atoms with Gasteiger partial charge in [-0.25, -0.2) is 8.42 Å². The first kappa shape index (κ1) is 23.4.